The third-order valence-corrected chi connectivity index (χ3v) is 5.46. The van der Waals surface area contributed by atoms with Crippen molar-refractivity contribution in [1.82, 2.24) is 15.1 Å². The van der Waals surface area contributed by atoms with E-state index >= 15 is 0 Å². The van der Waals surface area contributed by atoms with Gasteiger partial charge in [0, 0.05) is 32.1 Å². The topological polar surface area (TPSA) is 61.9 Å². The summed E-state index contributed by atoms with van der Waals surface area (Å²) in [7, 11) is 0. The molecular formula is C18H20F3N3O3. The van der Waals surface area contributed by atoms with E-state index in [1.54, 1.807) is 9.80 Å². The zero-order valence-corrected chi connectivity index (χ0v) is 14.5. The van der Waals surface area contributed by atoms with Crippen molar-refractivity contribution in [2.45, 2.75) is 30.7 Å². The molecule has 9 heteroatoms. The molecule has 1 aromatic rings. The Balaban J connectivity index is 1.31. The molecule has 3 saturated heterocycles. The van der Waals surface area contributed by atoms with Gasteiger partial charge in [0.25, 0.3) is 0 Å². The predicted octanol–water partition coefficient (Wildman–Crippen LogP) is 1.81. The number of hydrogen-bond donors (Lipinski definition) is 1. The highest BCUT2D eigenvalue weighted by atomic mass is 19.4. The van der Waals surface area contributed by atoms with Crippen LogP contribution >= 0.6 is 0 Å². The smallest absolute Gasteiger partial charge is 0.366 e. The molecule has 3 heterocycles. The van der Waals surface area contributed by atoms with E-state index in [1.165, 1.54) is 12.1 Å². The van der Waals surface area contributed by atoms with Crippen LogP contribution in [0.25, 0.3) is 0 Å². The van der Waals surface area contributed by atoms with Crippen LogP contribution in [0.3, 0.4) is 0 Å². The molecule has 3 fully saturated rings. The van der Waals surface area contributed by atoms with Gasteiger partial charge in [0.15, 0.2) is 0 Å². The molecule has 3 aliphatic rings. The Morgan fingerprint density at radius 2 is 1.81 bits per heavy atom. The fraction of sp³-hybridized carbons (Fsp3) is 0.556. The lowest BCUT2D eigenvalue weighted by Gasteiger charge is -2.46. The number of ether oxygens (including phenoxy) is 1. The first kappa shape index (κ1) is 18.1. The number of hydrogen-bond acceptors (Lipinski definition) is 3. The molecule has 1 aromatic carbocycles. The molecule has 6 nitrogen and oxygen atoms in total. The summed E-state index contributed by atoms with van der Waals surface area (Å²) in [6.45, 7) is 2.01. The predicted molar refractivity (Wildman–Crippen MR) is 89.0 cm³/mol. The van der Waals surface area contributed by atoms with Crippen molar-refractivity contribution in [2.75, 3.05) is 32.8 Å². The summed E-state index contributed by atoms with van der Waals surface area (Å²) in [6, 6.07) is 4.84. The number of halogens is 3. The van der Waals surface area contributed by atoms with Crippen LogP contribution in [0.1, 0.15) is 23.5 Å². The molecule has 0 radical (unpaired) electrons. The molecule has 0 unspecified atom stereocenters. The first-order valence-electron chi connectivity index (χ1n) is 8.93. The standard InChI is InChI=1S/C18H20F3N3O3/c19-18(20,21)13-3-1-11(2-4-13)12-7-24(8-12)17(26)23-6-5-15-14(9-23)22-16(25)10-27-15/h1-4,12,14-15H,5-10H2,(H,22,25)/t14-,15+/m1/s1. The molecular weight excluding hydrogens is 363 g/mol. The third-order valence-electron chi connectivity index (χ3n) is 5.46. The van der Waals surface area contributed by atoms with Gasteiger partial charge in [-0.25, -0.2) is 4.79 Å². The molecule has 1 N–H and O–H groups in total. The van der Waals surface area contributed by atoms with Gasteiger partial charge in [-0.2, -0.15) is 13.2 Å². The SMILES string of the molecule is O=C1CO[C@H]2CCN(C(=O)N3CC(c4ccc(C(F)(F)F)cc4)C3)C[C@H]2N1. The fourth-order valence-corrected chi connectivity index (χ4v) is 3.86. The zero-order valence-electron chi connectivity index (χ0n) is 14.5. The van der Waals surface area contributed by atoms with Crippen molar-refractivity contribution in [2.24, 2.45) is 0 Å². The van der Waals surface area contributed by atoms with Crippen molar-refractivity contribution >= 4 is 11.9 Å². The molecule has 0 bridgehead atoms. The lowest BCUT2D eigenvalue weighted by Crippen LogP contribution is -2.63. The fourth-order valence-electron chi connectivity index (χ4n) is 3.86. The zero-order chi connectivity index (χ0) is 19.2. The Hall–Kier alpha value is -2.29. The Morgan fingerprint density at radius 1 is 1.11 bits per heavy atom. The van der Waals surface area contributed by atoms with Crippen molar-refractivity contribution in [3.63, 3.8) is 0 Å². The van der Waals surface area contributed by atoms with Gasteiger partial charge in [0.2, 0.25) is 5.91 Å². The van der Waals surface area contributed by atoms with Crippen molar-refractivity contribution < 1.29 is 27.5 Å². The number of alkyl halides is 3. The van der Waals surface area contributed by atoms with Crippen molar-refractivity contribution in [3.05, 3.63) is 35.4 Å². The number of fused-ring (bicyclic) bond motifs is 1. The highest BCUT2D eigenvalue weighted by Crippen LogP contribution is 2.33. The molecule has 3 aliphatic heterocycles. The minimum absolute atomic E-state index is 0.0477. The van der Waals surface area contributed by atoms with Gasteiger partial charge in [-0.15, -0.1) is 0 Å². The second kappa shape index (κ2) is 6.70. The second-order valence-electron chi connectivity index (χ2n) is 7.26. The second-order valence-corrected chi connectivity index (χ2v) is 7.26. The lowest BCUT2D eigenvalue weighted by atomic mass is 9.91. The van der Waals surface area contributed by atoms with Crippen LogP contribution in [0.5, 0.6) is 0 Å². The number of amides is 3. The Kier molecular flexibility index (Phi) is 4.49. The highest BCUT2D eigenvalue weighted by molar-refractivity contribution is 5.79. The van der Waals surface area contributed by atoms with E-state index in [-0.39, 0.29) is 36.6 Å². The van der Waals surface area contributed by atoms with Gasteiger partial charge in [-0.3, -0.25) is 4.79 Å². The van der Waals surface area contributed by atoms with Crippen LogP contribution in [0.4, 0.5) is 18.0 Å². The summed E-state index contributed by atoms with van der Waals surface area (Å²) in [5.74, 6) is -0.122. The molecule has 3 amide bonds. The summed E-state index contributed by atoms with van der Waals surface area (Å²) < 4.78 is 43.4. The van der Waals surface area contributed by atoms with Crippen LogP contribution in [-0.4, -0.2) is 66.7 Å². The number of urea groups is 1. The number of morpholine rings is 1. The van der Waals surface area contributed by atoms with Crippen LogP contribution in [0.2, 0.25) is 0 Å². The number of rotatable bonds is 1. The molecule has 4 rings (SSSR count). The first-order valence-corrected chi connectivity index (χ1v) is 8.93. The van der Waals surface area contributed by atoms with Gasteiger partial charge in [-0.05, 0) is 24.1 Å². The molecule has 27 heavy (non-hydrogen) atoms. The summed E-state index contributed by atoms with van der Waals surface area (Å²) >= 11 is 0. The van der Waals surface area contributed by atoms with E-state index in [9.17, 15) is 22.8 Å². The van der Waals surface area contributed by atoms with Gasteiger partial charge < -0.3 is 19.9 Å². The van der Waals surface area contributed by atoms with Gasteiger partial charge >= 0.3 is 12.2 Å². The minimum Gasteiger partial charge on any atom is -0.366 e. The van der Waals surface area contributed by atoms with E-state index in [4.69, 9.17) is 4.74 Å². The molecule has 0 aliphatic carbocycles. The average molecular weight is 383 g/mol. The van der Waals surface area contributed by atoms with Crippen LogP contribution < -0.4 is 5.32 Å². The largest absolute Gasteiger partial charge is 0.416 e. The van der Waals surface area contributed by atoms with Crippen molar-refractivity contribution in [3.8, 4) is 0 Å². The van der Waals surface area contributed by atoms with E-state index < -0.39 is 11.7 Å². The molecule has 0 aromatic heterocycles. The van der Waals surface area contributed by atoms with Gasteiger partial charge in [0.1, 0.15) is 6.61 Å². The van der Waals surface area contributed by atoms with E-state index in [0.29, 0.717) is 32.6 Å². The summed E-state index contributed by atoms with van der Waals surface area (Å²) in [4.78, 5) is 27.5. The normalized spacial score (nSPS) is 26.3. The monoisotopic (exact) mass is 383 g/mol. The average Bonchev–Trinajstić information content (AvgIpc) is 2.59. The maximum Gasteiger partial charge on any atom is 0.416 e. The molecule has 146 valence electrons. The first-order chi connectivity index (χ1) is 12.8. The number of carbonyl (C=O) groups is 2. The minimum atomic E-state index is -4.34. The van der Waals surface area contributed by atoms with Crippen molar-refractivity contribution in [1.29, 1.82) is 0 Å². The number of carbonyl (C=O) groups excluding carboxylic acids is 2. The Bertz CT molecular complexity index is 732. The van der Waals surface area contributed by atoms with E-state index in [2.05, 4.69) is 5.32 Å². The van der Waals surface area contributed by atoms with Crippen LogP contribution in [0, 0.1) is 0 Å². The summed E-state index contributed by atoms with van der Waals surface area (Å²) in [5, 5.41) is 2.86. The maximum atomic E-state index is 12.6. The Labute approximate surface area is 154 Å². The van der Waals surface area contributed by atoms with E-state index in [1.807, 2.05) is 0 Å². The third kappa shape index (κ3) is 3.60. The van der Waals surface area contributed by atoms with Crippen LogP contribution in [-0.2, 0) is 15.7 Å². The Morgan fingerprint density at radius 3 is 2.48 bits per heavy atom. The van der Waals surface area contributed by atoms with Crippen LogP contribution in [0.15, 0.2) is 24.3 Å². The van der Waals surface area contributed by atoms with E-state index in [0.717, 1.165) is 17.7 Å². The maximum absolute atomic E-state index is 12.6. The molecule has 0 saturated carbocycles. The number of nitrogens with zero attached hydrogens (tertiary/aromatic N) is 2. The highest BCUT2D eigenvalue weighted by Gasteiger charge is 2.40. The number of likely N-dealkylation sites (tertiary alicyclic amines) is 2. The summed E-state index contributed by atoms with van der Waals surface area (Å²) in [5.41, 5.74) is 0.136. The molecule has 2 atom stereocenters. The quantitative estimate of drug-likeness (QED) is 0.805. The molecule has 0 spiro atoms. The summed E-state index contributed by atoms with van der Waals surface area (Å²) in [6.07, 6.45) is -3.72. The number of nitrogens with one attached hydrogen (secondary N) is 1. The van der Waals surface area contributed by atoms with Gasteiger partial charge in [0.05, 0.1) is 17.7 Å². The van der Waals surface area contributed by atoms with Gasteiger partial charge in [-0.1, -0.05) is 12.1 Å². The lowest BCUT2D eigenvalue weighted by molar-refractivity contribution is -0.140. The number of benzene rings is 1. The number of piperidine rings is 1.